The maximum atomic E-state index is 12.2. The minimum Gasteiger partial charge on any atom is -0.327 e. The third kappa shape index (κ3) is 4.15. The zero-order valence-corrected chi connectivity index (χ0v) is 11.6. The summed E-state index contributed by atoms with van der Waals surface area (Å²) in [5.41, 5.74) is 8.09. The zero-order chi connectivity index (χ0) is 13.5. The van der Waals surface area contributed by atoms with Gasteiger partial charge < -0.3 is 10.6 Å². The van der Waals surface area contributed by atoms with Crippen molar-refractivity contribution in [1.82, 2.24) is 0 Å². The van der Waals surface area contributed by atoms with Gasteiger partial charge >= 0.3 is 0 Å². The van der Waals surface area contributed by atoms with Crippen LogP contribution < -0.4 is 10.6 Å². The Morgan fingerprint density at radius 2 is 1.89 bits per heavy atom. The summed E-state index contributed by atoms with van der Waals surface area (Å²) >= 11 is 0. The van der Waals surface area contributed by atoms with E-state index in [-0.39, 0.29) is 11.9 Å². The van der Waals surface area contributed by atoms with Gasteiger partial charge in [0.25, 0.3) is 0 Å². The summed E-state index contributed by atoms with van der Waals surface area (Å²) in [7, 11) is 0. The van der Waals surface area contributed by atoms with Gasteiger partial charge in [0.1, 0.15) is 0 Å². The van der Waals surface area contributed by atoms with Crippen molar-refractivity contribution in [3.05, 3.63) is 29.8 Å². The molecule has 0 aliphatic carbocycles. The van der Waals surface area contributed by atoms with E-state index in [0.29, 0.717) is 13.0 Å². The maximum Gasteiger partial charge on any atom is 0.228 e. The molecule has 100 valence electrons. The van der Waals surface area contributed by atoms with E-state index in [4.69, 9.17) is 5.73 Å². The van der Waals surface area contributed by atoms with Crippen molar-refractivity contribution in [3.63, 3.8) is 0 Å². The van der Waals surface area contributed by atoms with Crippen LogP contribution in [0.5, 0.6) is 0 Å². The van der Waals surface area contributed by atoms with E-state index in [1.165, 1.54) is 5.56 Å². The molecule has 0 aliphatic rings. The molecule has 0 spiro atoms. The molecule has 1 amide bonds. The first kappa shape index (κ1) is 14.7. The topological polar surface area (TPSA) is 46.3 Å². The van der Waals surface area contributed by atoms with Gasteiger partial charge in [0.05, 0.1) is 0 Å². The van der Waals surface area contributed by atoms with Gasteiger partial charge in [-0.05, 0) is 32.4 Å². The van der Waals surface area contributed by atoms with Crippen molar-refractivity contribution in [2.75, 3.05) is 11.4 Å². The van der Waals surface area contributed by atoms with Gasteiger partial charge in [-0.25, -0.2) is 0 Å². The monoisotopic (exact) mass is 248 g/mol. The lowest BCUT2D eigenvalue weighted by Gasteiger charge is -2.23. The van der Waals surface area contributed by atoms with Gasteiger partial charge in [-0.2, -0.15) is 0 Å². The molecule has 0 aromatic heterocycles. The first-order valence-electron chi connectivity index (χ1n) is 6.71. The molecular weight excluding hydrogens is 224 g/mol. The lowest BCUT2D eigenvalue weighted by Crippen LogP contribution is -2.35. The summed E-state index contributed by atoms with van der Waals surface area (Å²) in [6, 6.07) is 8.00. The second-order valence-electron chi connectivity index (χ2n) is 4.73. The van der Waals surface area contributed by atoms with Gasteiger partial charge in [0.2, 0.25) is 5.91 Å². The Balaban J connectivity index is 2.71. The van der Waals surface area contributed by atoms with Gasteiger partial charge in [-0.1, -0.05) is 31.0 Å². The molecule has 0 saturated carbocycles. The Labute approximate surface area is 110 Å². The summed E-state index contributed by atoms with van der Waals surface area (Å²) < 4.78 is 0. The molecule has 3 nitrogen and oxygen atoms in total. The van der Waals surface area contributed by atoms with Crippen LogP contribution in [0, 0.1) is 6.92 Å². The number of aryl methyl sites for hydroxylation is 1. The van der Waals surface area contributed by atoms with Crippen LogP contribution in [0.15, 0.2) is 24.3 Å². The van der Waals surface area contributed by atoms with E-state index in [1.807, 2.05) is 38.1 Å². The minimum atomic E-state index is -0.0259. The van der Waals surface area contributed by atoms with Crippen LogP contribution in [0.2, 0.25) is 0 Å². The van der Waals surface area contributed by atoms with Crippen LogP contribution in [-0.4, -0.2) is 18.5 Å². The Hall–Kier alpha value is -1.35. The molecule has 2 N–H and O–H groups in total. The second-order valence-corrected chi connectivity index (χ2v) is 4.73. The first-order chi connectivity index (χ1) is 8.58. The average Bonchev–Trinajstić information content (AvgIpc) is 2.32. The normalized spacial score (nSPS) is 12.2. The van der Waals surface area contributed by atoms with Crippen LogP contribution in [0.4, 0.5) is 5.69 Å². The Kier molecular flexibility index (Phi) is 5.86. The second kappa shape index (κ2) is 7.17. The highest BCUT2D eigenvalue weighted by atomic mass is 16.2. The van der Waals surface area contributed by atoms with Crippen LogP contribution in [0.3, 0.4) is 0 Å². The van der Waals surface area contributed by atoms with Crippen molar-refractivity contribution in [2.45, 2.75) is 46.1 Å². The molecule has 0 saturated heterocycles. The molecule has 18 heavy (non-hydrogen) atoms. The van der Waals surface area contributed by atoms with E-state index in [1.54, 1.807) is 4.90 Å². The molecule has 0 bridgehead atoms. The fraction of sp³-hybridized carbons (Fsp3) is 0.533. The minimum absolute atomic E-state index is 0.0259. The molecule has 1 aromatic rings. The maximum absolute atomic E-state index is 12.2. The lowest BCUT2D eigenvalue weighted by atomic mass is 10.1. The smallest absolute Gasteiger partial charge is 0.228 e. The molecule has 0 radical (unpaired) electrons. The summed E-state index contributed by atoms with van der Waals surface area (Å²) in [4.78, 5) is 14.0. The number of nitrogens with zero attached hydrogens (tertiary/aromatic N) is 1. The number of hydrogen-bond donors (Lipinski definition) is 1. The van der Waals surface area contributed by atoms with Gasteiger partial charge in [-0.15, -0.1) is 0 Å². The highest BCUT2D eigenvalue weighted by Crippen LogP contribution is 2.16. The molecule has 1 rings (SSSR count). The van der Waals surface area contributed by atoms with Gasteiger partial charge in [0, 0.05) is 24.7 Å². The molecule has 1 unspecified atom stereocenters. The first-order valence-corrected chi connectivity index (χ1v) is 6.71. The van der Waals surface area contributed by atoms with Crippen LogP contribution in [-0.2, 0) is 4.79 Å². The number of benzene rings is 1. The molecular formula is C15H24N2O. The SMILES string of the molecule is CCCC(N)CC(=O)N(CC)c1ccc(C)cc1. The number of carbonyl (C=O) groups is 1. The Bertz CT molecular complexity index is 373. The summed E-state index contributed by atoms with van der Waals surface area (Å²) in [6.07, 6.45) is 2.35. The summed E-state index contributed by atoms with van der Waals surface area (Å²) in [6.45, 7) is 6.80. The quantitative estimate of drug-likeness (QED) is 0.841. The van der Waals surface area contributed by atoms with Crippen LogP contribution >= 0.6 is 0 Å². The fourth-order valence-corrected chi connectivity index (χ4v) is 2.03. The number of nitrogens with two attached hydrogens (primary N) is 1. The third-order valence-corrected chi connectivity index (χ3v) is 3.06. The number of rotatable bonds is 6. The predicted molar refractivity (Wildman–Crippen MR) is 76.7 cm³/mol. The van der Waals surface area contributed by atoms with Crippen molar-refractivity contribution in [3.8, 4) is 0 Å². The molecule has 0 fully saturated rings. The predicted octanol–water partition coefficient (Wildman–Crippen LogP) is 2.87. The number of hydrogen-bond acceptors (Lipinski definition) is 2. The van der Waals surface area contributed by atoms with E-state index in [0.717, 1.165) is 18.5 Å². The molecule has 0 aliphatic heterocycles. The van der Waals surface area contributed by atoms with Crippen molar-refractivity contribution in [2.24, 2.45) is 5.73 Å². The largest absolute Gasteiger partial charge is 0.327 e. The number of anilines is 1. The van der Waals surface area contributed by atoms with E-state index < -0.39 is 0 Å². The van der Waals surface area contributed by atoms with Gasteiger partial charge in [-0.3, -0.25) is 4.79 Å². The van der Waals surface area contributed by atoms with Crippen LogP contribution in [0.1, 0.15) is 38.7 Å². The molecule has 1 atom stereocenters. The Morgan fingerprint density at radius 3 is 2.39 bits per heavy atom. The van der Waals surface area contributed by atoms with E-state index >= 15 is 0 Å². The molecule has 1 aromatic carbocycles. The van der Waals surface area contributed by atoms with E-state index in [2.05, 4.69) is 6.92 Å². The fourth-order valence-electron chi connectivity index (χ4n) is 2.03. The molecule has 0 heterocycles. The summed E-state index contributed by atoms with van der Waals surface area (Å²) in [5.74, 6) is 0.113. The molecule has 3 heteroatoms. The highest BCUT2D eigenvalue weighted by molar-refractivity contribution is 5.93. The number of amides is 1. The van der Waals surface area contributed by atoms with Crippen molar-refractivity contribution >= 4 is 11.6 Å². The van der Waals surface area contributed by atoms with Crippen molar-refractivity contribution < 1.29 is 4.79 Å². The average molecular weight is 248 g/mol. The highest BCUT2D eigenvalue weighted by Gasteiger charge is 2.16. The van der Waals surface area contributed by atoms with Crippen LogP contribution in [0.25, 0.3) is 0 Å². The number of carbonyl (C=O) groups excluding carboxylic acids is 1. The Morgan fingerprint density at radius 1 is 1.28 bits per heavy atom. The van der Waals surface area contributed by atoms with Gasteiger partial charge in [0.15, 0.2) is 0 Å². The summed E-state index contributed by atoms with van der Waals surface area (Å²) in [5, 5.41) is 0. The zero-order valence-electron chi connectivity index (χ0n) is 11.6. The van der Waals surface area contributed by atoms with Crippen molar-refractivity contribution in [1.29, 1.82) is 0 Å². The van der Waals surface area contributed by atoms with E-state index in [9.17, 15) is 4.79 Å². The lowest BCUT2D eigenvalue weighted by molar-refractivity contribution is -0.118. The third-order valence-electron chi connectivity index (χ3n) is 3.06. The standard InChI is InChI=1S/C15H24N2O/c1-4-6-13(16)11-15(18)17(5-2)14-9-7-12(3)8-10-14/h7-10,13H,4-6,11,16H2,1-3H3.